The molecule has 2 aliphatic rings. The van der Waals surface area contributed by atoms with Gasteiger partial charge in [-0.2, -0.15) is 5.26 Å². The molecular formula is C41H37N3. The quantitative estimate of drug-likeness (QED) is 0.155. The number of allylic oxidation sites excluding steroid dienone is 5. The van der Waals surface area contributed by atoms with Crippen molar-refractivity contribution < 1.29 is 0 Å². The molecule has 0 radical (unpaired) electrons. The van der Waals surface area contributed by atoms with Crippen LogP contribution >= 0.6 is 0 Å². The molecular weight excluding hydrogens is 534 g/mol. The van der Waals surface area contributed by atoms with Gasteiger partial charge in [-0.1, -0.05) is 87.5 Å². The van der Waals surface area contributed by atoms with Crippen molar-refractivity contribution in [2.75, 3.05) is 4.90 Å². The summed E-state index contributed by atoms with van der Waals surface area (Å²) >= 11 is 0. The SMILES string of the molecule is C#C.C/C=C\C=C(/CC#N)N(c1ccccc1)c1cc2c(c3ccccc13)-c1c(c3c(c4ccn(C)c14)C=CC3C)C2(C)C. The van der Waals surface area contributed by atoms with Gasteiger partial charge in [-0.15, -0.1) is 12.8 Å². The van der Waals surface area contributed by atoms with Crippen molar-refractivity contribution >= 4 is 39.1 Å². The van der Waals surface area contributed by atoms with Gasteiger partial charge in [0.1, 0.15) is 0 Å². The van der Waals surface area contributed by atoms with Gasteiger partial charge in [0.15, 0.2) is 0 Å². The van der Waals surface area contributed by atoms with Crippen LogP contribution in [0.15, 0.2) is 103 Å². The van der Waals surface area contributed by atoms with Crippen LogP contribution in [-0.2, 0) is 12.5 Å². The fourth-order valence-corrected chi connectivity index (χ4v) is 7.45. The molecule has 0 N–H and O–H groups in total. The Morgan fingerprint density at radius 2 is 1.70 bits per heavy atom. The Bertz CT molecular complexity index is 2070. The van der Waals surface area contributed by atoms with Gasteiger partial charge in [-0.25, -0.2) is 0 Å². The van der Waals surface area contributed by atoms with E-state index in [-0.39, 0.29) is 5.41 Å². The number of hydrogen-bond donors (Lipinski definition) is 0. The highest BCUT2D eigenvalue weighted by Gasteiger charge is 2.43. The Morgan fingerprint density at radius 3 is 2.41 bits per heavy atom. The van der Waals surface area contributed by atoms with E-state index in [0.29, 0.717) is 12.3 Å². The van der Waals surface area contributed by atoms with E-state index in [0.717, 1.165) is 17.1 Å². The first-order valence-corrected chi connectivity index (χ1v) is 15.2. The van der Waals surface area contributed by atoms with Gasteiger partial charge in [0.2, 0.25) is 0 Å². The molecule has 5 aromatic rings. The van der Waals surface area contributed by atoms with Crippen LogP contribution in [0, 0.1) is 24.2 Å². The van der Waals surface area contributed by atoms with Gasteiger partial charge in [0.05, 0.1) is 23.7 Å². The number of hydrogen-bond acceptors (Lipinski definition) is 2. The molecule has 0 spiro atoms. The summed E-state index contributed by atoms with van der Waals surface area (Å²) < 4.78 is 2.31. The molecule has 0 fully saturated rings. The third-order valence-corrected chi connectivity index (χ3v) is 9.27. The van der Waals surface area contributed by atoms with Crippen LogP contribution in [0.1, 0.15) is 62.3 Å². The highest BCUT2D eigenvalue weighted by molar-refractivity contribution is 6.16. The van der Waals surface area contributed by atoms with E-state index in [2.05, 4.69) is 141 Å². The second kappa shape index (κ2) is 11.1. The first-order chi connectivity index (χ1) is 21.4. The molecule has 7 rings (SSSR count). The van der Waals surface area contributed by atoms with Gasteiger partial charge >= 0.3 is 0 Å². The first-order valence-electron chi connectivity index (χ1n) is 15.2. The fourth-order valence-electron chi connectivity index (χ4n) is 7.45. The van der Waals surface area contributed by atoms with Gasteiger partial charge in [0, 0.05) is 52.3 Å². The Kier molecular flexibility index (Phi) is 7.28. The lowest BCUT2D eigenvalue weighted by Gasteiger charge is -2.31. The zero-order chi connectivity index (χ0) is 31.2. The molecule has 1 atom stereocenters. The zero-order valence-electron chi connectivity index (χ0n) is 26.1. The van der Waals surface area contributed by atoms with E-state index < -0.39 is 0 Å². The fraction of sp³-hybridized carbons (Fsp3) is 0.195. The molecule has 1 aromatic heterocycles. The normalized spacial score (nSPS) is 16.0. The lowest BCUT2D eigenvalue weighted by atomic mass is 9.77. The van der Waals surface area contributed by atoms with E-state index >= 15 is 0 Å². The maximum absolute atomic E-state index is 9.92. The predicted octanol–water partition coefficient (Wildman–Crippen LogP) is 10.5. The molecule has 0 amide bonds. The van der Waals surface area contributed by atoms with Crippen LogP contribution < -0.4 is 4.90 Å². The molecule has 2 aliphatic carbocycles. The molecule has 3 heteroatoms. The van der Waals surface area contributed by atoms with Crippen LogP contribution in [0.2, 0.25) is 0 Å². The van der Waals surface area contributed by atoms with E-state index in [9.17, 15) is 5.26 Å². The molecule has 0 bridgehead atoms. The maximum atomic E-state index is 9.92. The van der Waals surface area contributed by atoms with Crippen molar-refractivity contribution in [2.24, 2.45) is 7.05 Å². The molecule has 0 saturated carbocycles. The van der Waals surface area contributed by atoms with Crippen LogP contribution in [0.25, 0.3) is 38.9 Å². The first kappa shape index (κ1) is 28.9. The molecule has 1 heterocycles. The molecule has 3 nitrogen and oxygen atoms in total. The highest BCUT2D eigenvalue weighted by Crippen LogP contribution is 2.59. The van der Waals surface area contributed by atoms with Crippen LogP contribution in [0.3, 0.4) is 0 Å². The summed E-state index contributed by atoms with van der Waals surface area (Å²) in [6, 6.07) is 26.4. The molecule has 0 aliphatic heterocycles. The standard InChI is InChI=1S/C39H35N3.C2H2/c1-6-7-13-27(20-22-40)42(26-14-9-8-10-15-26)33-24-32-35(29-17-12-11-16-28(29)33)36-37(39(32,3)4)34-25(2)18-19-30(34)31-21-23-41(5)38(31)36;1-2/h6-19,21,23-25H,20H2,1-5H3;1-2H/b7-6-,27-13+;. The van der Waals surface area contributed by atoms with Crippen LogP contribution in [0.5, 0.6) is 0 Å². The second-order valence-corrected chi connectivity index (χ2v) is 12.1. The van der Waals surface area contributed by atoms with E-state index in [1.165, 1.54) is 55.1 Å². The molecule has 1 unspecified atom stereocenters. The van der Waals surface area contributed by atoms with E-state index in [1.807, 2.05) is 25.1 Å². The maximum Gasteiger partial charge on any atom is 0.0758 e. The summed E-state index contributed by atoms with van der Waals surface area (Å²) in [5, 5.41) is 13.7. The number of terminal acetylenes is 1. The Morgan fingerprint density at radius 1 is 1.00 bits per heavy atom. The summed E-state index contributed by atoms with van der Waals surface area (Å²) in [7, 11) is 2.18. The van der Waals surface area contributed by atoms with Crippen molar-refractivity contribution in [3.8, 4) is 30.0 Å². The minimum atomic E-state index is -0.211. The lowest BCUT2D eigenvalue weighted by molar-refractivity contribution is 0.649. The van der Waals surface area contributed by atoms with Crippen LogP contribution in [-0.4, -0.2) is 4.57 Å². The summed E-state index contributed by atoms with van der Waals surface area (Å²) in [5.74, 6) is 0.365. The number of rotatable bonds is 5. The smallest absolute Gasteiger partial charge is 0.0758 e. The third kappa shape index (κ3) is 4.12. The van der Waals surface area contributed by atoms with Crippen molar-refractivity contribution in [2.45, 2.75) is 45.4 Å². The minimum absolute atomic E-state index is 0.211. The average Bonchev–Trinajstić information content (AvgIpc) is 3.69. The Balaban J connectivity index is 0.00000168. The molecule has 216 valence electrons. The molecule has 0 saturated heterocycles. The monoisotopic (exact) mass is 571 g/mol. The lowest BCUT2D eigenvalue weighted by Crippen LogP contribution is -2.20. The topological polar surface area (TPSA) is 32.0 Å². The molecule has 44 heavy (non-hydrogen) atoms. The van der Waals surface area contributed by atoms with Crippen molar-refractivity contribution in [3.05, 3.63) is 125 Å². The Labute approximate surface area is 261 Å². The number of nitriles is 1. The minimum Gasteiger partial charge on any atom is -0.350 e. The second-order valence-electron chi connectivity index (χ2n) is 12.1. The number of nitrogens with zero attached hydrogens (tertiary/aromatic N) is 3. The number of aromatic nitrogens is 1. The van der Waals surface area contributed by atoms with Crippen molar-refractivity contribution in [1.29, 1.82) is 5.26 Å². The summed E-state index contributed by atoms with van der Waals surface area (Å²) in [6.45, 7) is 9.14. The van der Waals surface area contributed by atoms with E-state index in [4.69, 9.17) is 0 Å². The van der Waals surface area contributed by atoms with Gasteiger partial charge < -0.3 is 9.47 Å². The van der Waals surface area contributed by atoms with Crippen molar-refractivity contribution in [1.82, 2.24) is 4.57 Å². The average molecular weight is 572 g/mol. The van der Waals surface area contributed by atoms with Crippen molar-refractivity contribution in [3.63, 3.8) is 0 Å². The predicted molar refractivity (Wildman–Crippen MR) is 187 cm³/mol. The largest absolute Gasteiger partial charge is 0.350 e. The number of anilines is 2. The number of benzene rings is 4. The molecule has 4 aromatic carbocycles. The number of para-hydroxylation sites is 1. The van der Waals surface area contributed by atoms with Gasteiger partial charge in [-0.05, 0) is 70.5 Å². The summed E-state index contributed by atoms with van der Waals surface area (Å²) in [6.07, 6.45) is 21.3. The summed E-state index contributed by atoms with van der Waals surface area (Å²) in [4.78, 5) is 2.29. The van der Waals surface area contributed by atoms with Gasteiger partial charge in [0.25, 0.3) is 0 Å². The van der Waals surface area contributed by atoms with Gasteiger partial charge in [-0.3, -0.25) is 0 Å². The Hall–Kier alpha value is -5.25. The number of aryl methyl sites for hydroxylation is 1. The van der Waals surface area contributed by atoms with Crippen LogP contribution in [0.4, 0.5) is 11.4 Å². The zero-order valence-corrected chi connectivity index (χ0v) is 26.1. The number of fused-ring (bicyclic) bond motifs is 10. The third-order valence-electron chi connectivity index (χ3n) is 9.27. The highest BCUT2D eigenvalue weighted by atomic mass is 15.1. The summed E-state index contributed by atoms with van der Waals surface area (Å²) in [5.41, 5.74) is 12.5. The van der Waals surface area contributed by atoms with E-state index in [1.54, 1.807) is 0 Å².